The van der Waals surface area contributed by atoms with Gasteiger partial charge in [-0.05, 0) is 26.5 Å². The second-order valence-corrected chi connectivity index (χ2v) is 5.42. The van der Waals surface area contributed by atoms with E-state index in [1.165, 1.54) is 5.56 Å². The van der Waals surface area contributed by atoms with Crippen LogP contribution in [0, 0.1) is 0 Å². The van der Waals surface area contributed by atoms with Crippen molar-refractivity contribution in [1.82, 2.24) is 5.32 Å². The van der Waals surface area contributed by atoms with Crippen LogP contribution in [0.3, 0.4) is 0 Å². The number of rotatable bonds is 2. The molecule has 2 aliphatic rings. The van der Waals surface area contributed by atoms with Crippen LogP contribution in [0.2, 0.25) is 0 Å². The first-order valence-electron chi connectivity index (χ1n) is 6.45. The number of benzene rings is 1. The topological polar surface area (TPSA) is 39.7 Å². The normalized spacial score (nSPS) is 23.4. The molecule has 0 saturated carbocycles. The maximum Gasteiger partial charge on any atom is 0.231 e. The SMILES string of the molecule is CCNC1CC(C)(C)Oc2cc3c(cc21)OCO3. The molecule has 2 aliphatic heterocycles. The van der Waals surface area contributed by atoms with E-state index in [1.54, 1.807) is 0 Å². The van der Waals surface area contributed by atoms with E-state index in [0.717, 1.165) is 30.2 Å². The number of hydrogen-bond acceptors (Lipinski definition) is 4. The molecule has 4 heteroatoms. The van der Waals surface area contributed by atoms with Crippen molar-refractivity contribution in [3.05, 3.63) is 17.7 Å². The first-order chi connectivity index (χ1) is 8.59. The Morgan fingerprint density at radius 1 is 1.22 bits per heavy atom. The van der Waals surface area contributed by atoms with Gasteiger partial charge in [-0.2, -0.15) is 0 Å². The highest BCUT2D eigenvalue weighted by Gasteiger charge is 2.35. The molecule has 0 saturated heterocycles. The van der Waals surface area contributed by atoms with Gasteiger partial charge in [0.2, 0.25) is 6.79 Å². The zero-order chi connectivity index (χ0) is 12.8. The summed E-state index contributed by atoms with van der Waals surface area (Å²) in [6, 6.07) is 4.30. The summed E-state index contributed by atoms with van der Waals surface area (Å²) < 4.78 is 16.9. The Labute approximate surface area is 107 Å². The molecular formula is C14H19NO3. The molecule has 1 unspecified atom stereocenters. The fraction of sp³-hybridized carbons (Fsp3) is 0.571. The van der Waals surface area contributed by atoms with Crippen LogP contribution in [0.4, 0.5) is 0 Å². The molecule has 98 valence electrons. The number of ether oxygens (including phenoxy) is 3. The van der Waals surface area contributed by atoms with Gasteiger partial charge in [0.05, 0.1) is 0 Å². The van der Waals surface area contributed by atoms with E-state index in [2.05, 4.69) is 26.1 Å². The van der Waals surface area contributed by atoms with Crippen molar-refractivity contribution in [2.24, 2.45) is 0 Å². The van der Waals surface area contributed by atoms with Crippen LogP contribution < -0.4 is 19.5 Å². The average Bonchev–Trinajstić information content (AvgIpc) is 2.72. The van der Waals surface area contributed by atoms with Gasteiger partial charge < -0.3 is 19.5 Å². The molecule has 0 radical (unpaired) electrons. The highest BCUT2D eigenvalue weighted by molar-refractivity contribution is 5.53. The smallest absolute Gasteiger partial charge is 0.231 e. The standard InChI is InChI=1S/C14H19NO3/c1-4-15-10-7-14(2,3)18-11-6-13-12(5-9(10)11)16-8-17-13/h5-6,10,15H,4,7-8H2,1-3H3. The summed E-state index contributed by atoms with van der Waals surface area (Å²) in [7, 11) is 0. The molecular weight excluding hydrogens is 230 g/mol. The summed E-state index contributed by atoms with van der Waals surface area (Å²) in [5.74, 6) is 2.50. The predicted molar refractivity (Wildman–Crippen MR) is 68.3 cm³/mol. The van der Waals surface area contributed by atoms with E-state index in [4.69, 9.17) is 14.2 Å². The fourth-order valence-electron chi connectivity index (χ4n) is 2.67. The van der Waals surface area contributed by atoms with Crippen molar-refractivity contribution < 1.29 is 14.2 Å². The molecule has 1 atom stereocenters. The van der Waals surface area contributed by atoms with Gasteiger partial charge in [0, 0.05) is 24.1 Å². The van der Waals surface area contributed by atoms with Crippen LogP contribution in [0.15, 0.2) is 12.1 Å². The predicted octanol–water partition coefficient (Wildman–Crippen LogP) is 2.63. The fourth-order valence-corrected chi connectivity index (χ4v) is 2.67. The molecule has 0 bridgehead atoms. The van der Waals surface area contributed by atoms with Crippen LogP contribution in [0.25, 0.3) is 0 Å². The van der Waals surface area contributed by atoms with Gasteiger partial charge in [-0.15, -0.1) is 0 Å². The van der Waals surface area contributed by atoms with E-state index in [0.29, 0.717) is 12.8 Å². The summed E-state index contributed by atoms with van der Waals surface area (Å²) in [6.45, 7) is 7.59. The van der Waals surface area contributed by atoms with Gasteiger partial charge in [-0.25, -0.2) is 0 Å². The second-order valence-electron chi connectivity index (χ2n) is 5.42. The molecule has 1 N–H and O–H groups in total. The van der Waals surface area contributed by atoms with Crippen molar-refractivity contribution in [2.45, 2.75) is 38.8 Å². The molecule has 0 amide bonds. The van der Waals surface area contributed by atoms with Crippen molar-refractivity contribution in [2.75, 3.05) is 13.3 Å². The molecule has 2 heterocycles. The summed E-state index contributed by atoms with van der Waals surface area (Å²) in [6.07, 6.45) is 0.952. The molecule has 1 aromatic carbocycles. The third kappa shape index (κ3) is 1.90. The third-order valence-electron chi connectivity index (χ3n) is 3.41. The second kappa shape index (κ2) is 4.05. The van der Waals surface area contributed by atoms with Gasteiger partial charge in [0.1, 0.15) is 11.4 Å². The zero-order valence-corrected chi connectivity index (χ0v) is 11.1. The highest BCUT2D eigenvalue weighted by Crippen LogP contribution is 2.46. The van der Waals surface area contributed by atoms with Crippen LogP contribution in [0.1, 0.15) is 38.8 Å². The van der Waals surface area contributed by atoms with E-state index < -0.39 is 0 Å². The van der Waals surface area contributed by atoms with Crippen molar-refractivity contribution in [3.8, 4) is 17.2 Å². The van der Waals surface area contributed by atoms with Crippen LogP contribution in [-0.4, -0.2) is 18.9 Å². The molecule has 0 spiro atoms. The lowest BCUT2D eigenvalue weighted by molar-refractivity contribution is 0.0662. The summed E-state index contributed by atoms with van der Waals surface area (Å²) >= 11 is 0. The molecule has 1 aromatic rings. The minimum Gasteiger partial charge on any atom is -0.487 e. The average molecular weight is 249 g/mol. The lowest BCUT2D eigenvalue weighted by Crippen LogP contribution is -2.39. The third-order valence-corrected chi connectivity index (χ3v) is 3.41. The lowest BCUT2D eigenvalue weighted by atomic mass is 9.89. The lowest BCUT2D eigenvalue weighted by Gasteiger charge is -2.38. The Kier molecular flexibility index (Phi) is 2.63. The quantitative estimate of drug-likeness (QED) is 0.874. The Morgan fingerprint density at radius 3 is 2.67 bits per heavy atom. The molecule has 0 aliphatic carbocycles. The monoisotopic (exact) mass is 249 g/mol. The number of fused-ring (bicyclic) bond motifs is 2. The molecule has 0 fully saturated rings. The summed E-state index contributed by atoms with van der Waals surface area (Å²) in [4.78, 5) is 0. The van der Waals surface area contributed by atoms with Crippen LogP contribution in [-0.2, 0) is 0 Å². The zero-order valence-electron chi connectivity index (χ0n) is 11.1. The maximum atomic E-state index is 6.05. The Balaban J connectivity index is 2.03. The van der Waals surface area contributed by atoms with Gasteiger partial charge in [-0.1, -0.05) is 6.92 Å². The first kappa shape index (κ1) is 11.7. The Morgan fingerprint density at radius 2 is 1.94 bits per heavy atom. The van der Waals surface area contributed by atoms with Gasteiger partial charge in [0.15, 0.2) is 11.5 Å². The summed E-state index contributed by atoms with van der Waals surface area (Å²) in [5, 5.41) is 3.51. The van der Waals surface area contributed by atoms with Crippen molar-refractivity contribution >= 4 is 0 Å². The van der Waals surface area contributed by atoms with Crippen LogP contribution >= 0.6 is 0 Å². The summed E-state index contributed by atoms with van der Waals surface area (Å²) in [5.41, 5.74) is 1.01. The minimum absolute atomic E-state index is 0.159. The van der Waals surface area contributed by atoms with Gasteiger partial charge in [0.25, 0.3) is 0 Å². The van der Waals surface area contributed by atoms with Crippen molar-refractivity contribution in [1.29, 1.82) is 0 Å². The van der Waals surface area contributed by atoms with E-state index in [9.17, 15) is 0 Å². The van der Waals surface area contributed by atoms with E-state index in [-0.39, 0.29) is 5.60 Å². The van der Waals surface area contributed by atoms with E-state index >= 15 is 0 Å². The Hall–Kier alpha value is -1.42. The van der Waals surface area contributed by atoms with Gasteiger partial charge in [-0.3, -0.25) is 0 Å². The molecule has 4 nitrogen and oxygen atoms in total. The Bertz CT molecular complexity index is 470. The largest absolute Gasteiger partial charge is 0.487 e. The molecule has 0 aromatic heterocycles. The van der Waals surface area contributed by atoms with Gasteiger partial charge >= 0.3 is 0 Å². The van der Waals surface area contributed by atoms with Crippen LogP contribution in [0.5, 0.6) is 17.2 Å². The first-order valence-corrected chi connectivity index (χ1v) is 6.45. The number of nitrogens with one attached hydrogen (secondary N) is 1. The molecule has 18 heavy (non-hydrogen) atoms. The van der Waals surface area contributed by atoms with Crippen molar-refractivity contribution in [3.63, 3.8) is 0 Å². The minimum atomic E-state index is -0.159. The van der Waals surface area contributed by atoms with E-state index in [1.807, 2.05) is 12.1 Å². The molecule has 3 rings (SSSR count). The highest BCUT2D eigenvalue weighted by atomic mass is 16.7. The number of hydrogen-bond donors (Lipinski definition) is 1. The maximum absolute atomic E-state index is 6.05.